The number of likely N-dealkylation sites (tertiary alicyclic amines) is 1. The first kappa shape index (κ1) is 17.0. The van der Waals surface area contributed by atoms with E-state index in [2.05, 4.69) is 17.4 Å². The SMILES string of the molecule is Cc1c(NC(=O)N2CC[C@@H]2c2ccccc2)cccc1OC1CCCC1. The van der Waals surface area contributed by atoms with Crippen molar-refractivity contribution in [1.29, 1.82) is 0 Å². The van der Waals surface area contributed by atoms with Gasteiger partial charge in [0.1, 0.15) is 5.75 Å². The summed E-state index contributed by atoms with van der Waals surface area (Å²) in [5.41, 5.74) is 3.04. The van der Waals surface area contributed by atoms with E-state index in [-0.39, 0.29) is 12.1 Å². The van der Waals surface area contributed by atoms with Crippen molar-refractivity contribution >= 4 is 11.7 Å². The number of ether oxygens (including phenoxy) is 1. The Kier molecular flexibility index (Phi) is 4.83. The summed E-state index contributed by atoms with van der Waals surface area (Å²) in [5.74, 6) is 0.887. The number of amides is 2. The number of carbonyl (C=O) groups is 1. The highest BCUT2D eigenvalue weighted by Crippen LogP contribution is 2.35. The number of anilines is 1. The van der Waals surface area contributed by atoms with Crippen LogP contribution in [0.2, 0.25) is 0 Å². The monoisotopic (exact) mass is 350 g/mol. The zero-order valence-corrected chi connectivity index (χ0v) is 15.3. The smallest absolute Gasteiger partial charge is 0.322 e. The van der Waals surface area contributed by atoms with Gasteiger partial charge in [0.05, 0.1) is 12.1 Å². The molecule has 0 unspecified atom stereocenters. The number of nitrogens with one attached hydrogen (secondary N) is 1. The quantitative estimate of drug-likeness (QED) is 0.813. The molecule has 1 aliphatic carbocycles. The lowest BCUT2D eigenvalue weighted by molar-refractivity contribution is 0.126. The Bertz CT molecular complexity index is 769. The van der Waals surface area contributed by atoms with Crippen molar-refractivity contribution < 1.29 is 9.53 Å². The molecule has 1 atom stereocenters. The molecule has 1 N–H and O–H groups in total. The summed E-state index contributed by atoms with van der Waals surface area (Å²) >= 11 is 0. The van der Waals surface area contributed by atoms with E-state index in [1.165, 1.54) is 18.4 Å². The van der Waals surface area contributed by atoms with E-state index in [9.17, 15) is 4.79 Å². The van der Waals surface area contributed by atoms with Gasteiger partial charge in [-0.1, -0.05) is 36.4 Å². The second-order valence-electron chi connectivity index (χ2n) is 7.29. The van der Waals surface area contributed by atoms with Crippen LogP contribution < -0.4 is 10.1 Å². The molecular formula is C22H26N2O2. The highest BCUT2D eigenvalue weighted by molar-refractivity contribution is 5.91. The third-order valence-electron chi connectivity index (χ3n) is 5.59. The summed E-state index contributed by atoms with van der Waals surface area (Å²) in [6.45, 7) is 2.81. The van der Waals surface area contributed by atoms with Crippen LogP contribution in [0.3, 0.4) is 0 Å². The van der Waals surface area contributed by atoms with Crippen LogP contribution in [0.15, 0.2) is 48.5 Å². The van der Waals surface area contributed by atoms with Gasteiger partial charge in [0.25, 0.3) is 0 Å². The topological polar surface area (TPSA) is 41.6 Å². The standard InChI is InChI=1S/C22H26N2O2/c1-16-19(12-7-13-21(16)26-18-10-5-6-11-18)23-22(25)24-15-14-20(24)17-8-3-2-4-9-17/h2-4,7-9,12-13,18,20H,5-6,10-11,14-15H2,1H3,(H,23,25)/t20-/m1/s1. The third kappa shape index (κ3) is 3.41. The van der Waals surface area contributed by atoms with E-state index in [0.717, 1.165) is 42.8 Å². The van der Waals surface area contributed by atoms with Crippen LogP contribution in [-0.2, 0) is 0 Å². The average Bonchev–Trinajstić information content (AvgIpc) is 3.11. The Hall–Kier alpha value is -2.49. The fraction of sp³-hybridized carbons (Fsp3) is 0.409. The predicted octanol–water partition coefficient (Wildman–Crippen LogP) is 5.30. The van der Waals surface area contributed by atoms with E-state index in [4.69, 9.17) is 4.74 Å². The molecule has 0 aromatic heterocycles. The molecular weight excluding hydrogens is 324 g/mol. The second kappa shape index (κ2) is 7.40. The minimum atomic E-state index is -0.0359. The van der Waals surface area contributed by atoms with Gasteiger partial charge in [-0.15, -0.1) is 0 Å². The summed E-state index contributed by atoms with van der Waals surface area (Å²) in [4.78, 5) is 14.7. The number of urea groups is 1. The van der Waals surface area contributed by atoms with Crippen LogP contribution in [-0.4, -0.2) is 23.6 Å². The van der Waals surface area contributed by atoms with Gasteiger partial charge in [0.2, 0.25) is 0 Å². The van der Waals surface area contributed by atoms with Gasteiger partial charge < -0.3 is 15.0 Å². The Morgan fingerprint density at radius 3 is 2.50 bits per heavy atom. The molecule has 4 nitrogen and oxygen atoms in total. The van der Waals surface area contributed by atoms with Crippen molar-refractivity contribution in [3.63, 3.8) is 0 Å². The molecule has 2 fully saturated rings. The highest BCUT2D eigenvalue weighted by atomic mass is 16.5. The average molecular weight is 350 g/mol. The number of hydrogen-bond donors (Lipinski definition) is 1. The first-order valence-electron chi connectivity index (χ1n) is 9.61. The molecule has 1 heterocycles. The summed E-state index contributed by atoms with van der Waals surface area (Å²) < 4.78 is 6.15. The van der Waals surface area contributed by atoms with Crippen molar-refractivity contribution in [2.24, 2.45) is 0 Å². The lowest BCUT2D eigenvalue weighted by Gasteiger charge is -2.41. The molecule has 26 heavy (non-hydrogen) atoms. The molecule has 1 saturated heterocycles. The van der Waals surface area contributed by atoms with Crippen LogP contribution in [0.4, 0.5) is 10.5 Å². The van der Waals surface area contributed by atoms with Crippen LogP contribution in [0.25, 0.3) is 0 Å². The number of carbonyl (C=O) groups excluding carboxylic acids is 1. The number of nitrogens with zero attached hydrogens (tertiary/aromatic N) is 1. The molecule has 2 aromatic rings. The van der Waals surface area contributed by atoms with Crippen molar-refractivity contribution in [3.05, 3.63) is 59.7 Å². The number of benzene rings is 2. The van der Waals surface area contributed by atoms with Gasteiger partial charge in [-0.25, -0.2) is 4.79 Å². The van der Waals surface area contributed by atoms with Crippen molar-refractivity contribution in [2.75, 3.05) is 11.9 Å². The molecule has 2 aromatic carbocycles. The van der Waals surface area contributed by atoms with Crippen molar-refractivity contribution in [1.82, 2.24) is 4.90 Å². The fourth-order valence-corrected chi connectivity index (χ4v) is 3.90. The summed E-state index contributed by atoms with van der Waals surface area (Å²) in [6.07, 6.45) is 6.08. The van der Waals surface area contributed by atoms with Gasteiger partial charge in [-0.05, 0) is 56.7 Å². The van der Waals surface area contributed by atoms with E-state index in [1.54, 1.807) is 0 Å². The van der Waals surface area contributed by atoms with Crippen molar-refractivity contribution in [3.8, 4) is 5.75 Å². The van der Waals surface area contributed by atoms with Crippen LogP contribution >= 0.6 is 0 Å². The number of hydrogen-bond acceptors (Lipinski definition) is 2. The third-order valence-corrected chi connectivity index (χ3v) is 5.59. The van der Waals surface area contributed by atoms with E-state index >= 15 is 0 Å². The lowest BCUT2D eigenvalue weighted by Crippen LogP contribution is -2.47. The van der Waals surface area contributed by atoms with Crippen molar-refractivity contribution in [2.45, 2.75) is 51.2 Å². The van der Waals surface area contributed by atoms with Gasteiger partial charge in [-0.2, -0.15) is 0 Å². The van der Waals surface area contributed by atoms with Crippen LogP contribution in [0, 0.1) is 6.92 Å². The van der Waals surface area contributed by atoms with Crippen LogP contribution in [0.1, 0.15) is 49.3 Å². The molecule has 2 amide bonds. The zero-order valence-electron chi connectivity index (χ0n) is 15.3. The predicted molar refractivity (Wildman–Crippen MR) is 104 cm³/mol. The summed E-state index contributed by atoms with van der Waals surface area (Å²) in [7, 11) is 0. The van der Waals surface area contributed by atoms with Gasteiger partial charge >= 0.3 is 6.03 Å². The summed E-state index contributed by atoms with van der Waals surface area (Å²) in [5, 5.41) is 3.08. The maximum atomic E-state index is 12.8. The molecule has 4 rings (SSSR count). The first-order chi connectivity index (χ1) is 12.7. The van der Waals surface area contributed by atoms with Crippen LogP contribution in [0.5, 0.6) is 5.75 Å². The molecule has 2 aliphatic rings. The normalized spacial score (nSPS) is 19.9. The van der Waals surface area contributed by atoms with E-state index in [0.29, 0.717) is 6.10 Å². The Morgan fingerprint density at radius 2 is 1.81 bits per heavy atom. The zero-order chi connectivity index (χ0) is 17.9. The molecule has 0 bridgehead atoms. The molecule has 0 spiro atoms. The molecule has 0 radical (unpaired) electrons. The van der Waals surface area contributed by atoms with Gasteiger partial charge in [0, 0.05) is 17.8 Å². The maximum Gasteiger partial charge on any atom is 0.322 e. The minimum Gasteiger partial charge on any atom is -0.490 e. The van der Waals surface area contributed by atoms with E-state index < -0.39 is 0 Å². The summed E-state index contributed by atoms with van der Waals surface area (Å²) in [6, 6.07) is 16.3. The Balaban J connectivity index is 1.44. The van der Waals surface area contributed by atoms with Gasteiger partial charge in [0.15, 0.2) is 0 Å². The maximum absolute atomic E-state index is 12.8. The van der Waals surface area contributed by atoms with Gasteiger partial charge in [-0.3, -0.25) is 0 Å². The fourth-order valence-electron chi connectivity index (χ4n) is 3.90. The first-order valence-corrected chi connectivity index (χ1v) is 9.61. The molecule has 136 valence electrons. The molecule has 1 saturated carbocycles. The highest BCUT2D eigenvalue weighted by Gasteiger charge is 2.33. The Morgan fingerprint density at radius 1 is 1.04 bits per heavy atom. The lowest BCUT2D eigenvalue weighted by atomic mass is 9.95. The number of rotatable bonds is 4. The minimum absolute atomic E-state index is 0.0359. The largest absolute Gasteiger partial charge is 0.490 e. The second-order valence-corrected chi connectivity index (χ2v) is 7.29. The van der Waals surface area contributed by atoms with E-state index in [1.807, 2.05) is 48.2 Å². The Labute approximate surface area is 155 Å². The molecule has 4 heteroatoms. The molecule has 1 aliphatic heterocycles.